The lowest BCUT2D eigenvalue weighted by Gasteiger charge is -2.10. The predicted octanol–water partition coefficient (Wildman–Crippen LogP) is 3.51. The van der Waals surface area contributed by atoms with Crippen LogP contribution in [0.1, 0.15) is 23.7 Å². The van der Waals surface area contributed by atoms with E-state index >= 15 is 0 Å². The van der Waals surface area contributed by atoms with E-state index in [1.54, 1.807) is 16.5 Å². The van der Waals surface area contributed by atoms with Crippen molar-refractivity contribution < 1.29 is 4.74 Å². The molecule has 2 N–H and O–H groups in total. The van der Waals surface area contributed by atoms with E-state index in [1.807, 2.05) is 76.3 Å². The standard InChI is InChI=1S/C22H25N5O2S/c1-14-11-12-19(29-5)18(13-14)15(2)24-25-22(30)23-20-16(3)26(4)27(21(20)28)17-9-7-6-8-10-17/h6-13H,1-5H3,(H2,23,25,30)/b24-15-. The van der Waals surface area contributed by atoms with Crippen LogP contribution in [0.3, 0.4) is 0 Å². The lowest BCUT2D eigenvalue weighted by atomic mass is 10.1. The van der Waals surface area contributed by atoms with Gasteiger partial charge in [-0.3, -0.25) is 14.9 Å². The molecule has 3 rings (SSSR count). The Kier molecular flexibility index (Phi) is 6.37. The summed E-state index contributed by atoms with van der Waals surface area (Å²) in [5, 5.41) is 7.57. The number of nitrogens with one attached hydrogen (secondary N) is 2. The van der Waals surface area contributed by atoms with Crippen molar-refractivity contribution in [2.75, 3.05) is 12.4 Å². The number of hydrogen-bond acceptors (Lipinski definition) is 4. The normalized spacial score (nSPS) is 11.3. The molecule has 2 aromatic carbocycles. The van der Waals surface area contributed by atoms with Crippen molar-refractivity contribution in [2.24, 2.45) is 12.1 Å². The quantitative estimate of drug-likeness (QED) is 0.373. The molecule has 0 saturated heterocycles. The Hall–Kier alpha value is -3.39. The number of hydrazone groups is 1. The number of hydrogen-bond donors (Lipinski definition) is 2. The molecule has 0 amide bonds. The maximum atomic E-state index is 13.0. The largest absolute Gasteiger partial charge is 0.496 e. The molecule has 0 aliphatic heterocycles. The summed E-state index contributed by atoms with van der Waals surface area (Å²) < 4.78 is 8.79. The van der Waals surface area contributed by atoms with Gasteiger partial charge in [-0.25, -0.2) is 4.68 Å². The Bertz CT molecular complexity index is 1160. The Morgan fingerprint density at radius 2 is 1.83 bits per heavy atom. The lowest BCUT2D eigenvalue weighted by molar-refractivity contribution is 0.414. The number of rotatable bonds is 5. The average Bonchev–Trinajstić information content (AvgIpc) is 2.95. The van der Waals surface area contributed by atoms with Gasteiger partial charge in [0.05, 0.1) is 24.2 Å². The topological polar surface area (TPSA) is 72.6 Å². The smallest absolute Gasteiger partial charge is 0.295 e. The van der Waals surface area contributed by atoms with Crippen LogP contribution in [0.25, 0.3) is 5.69 Å². The van der Waals surface area contributed by atoms with Crippen LogP contribution in [-0.2, 0) is 7.05 Å². The van der Waals surface area contributed by atoms with Crippen molar-refractivity contribution in [1.29, 1.82) is 0 Å². The number of para-hydroxylation sites is 1. The molecule has 0 spiro atoms. The third-order valence-electron chi connectivity index (χ3n) is 4.86. The predicted molar refractivity (Wildman–Crippen MR) is 125 cm³/mol. The highest BCUT2D eigenvalue weighted by atomic mass is 32.1. The van der Waals surface area contributed by atoms with E-state index in [1.165, 1.54) is 0 Å². The molecule has 30 heavy (non-hydrogen) atoms. The number of ether oxygens (including phenoxy) is 1. The third kappa shape index (κ3) is 4.28. The van der Waals surface area contributed by atoms with E-state index in [9.17, 15) is 4.79 Å². The molecule has 0 unspecified atom stereocenters. The van der Waals surface area contributed by atoms with Gasteiger partial charge in [0.25, 0.3) is 5.56 Å². The number of methoxy groups -OCH3 is 1. The summed E-state index contributed by atoms with van der Waals surface area (Å²) in [6.45, 7) is 5.73. The fourth-order valence-electron chi connectivity index (χ4n) is 3.15. The van der Waals surface area contributed by atoms with E-state index in [-0.39, 0.29) is 10.7 Å². The summed E-state index contributed by atoms with van der Waals surface area (Å²) in [5.74, 6) is 0.729. The van der Waals surface area contributed by atoms with Gasteiger partial charge < -0.3 is 10.1 Å². The number of thiocarbonyl (C=S) groups is 1. The summed E-state index contributed by atoms with van der Waals surface area (Å²) in [4.78, 5) is 13.0. The summed E-state index contributed by atoms with van der Waals surface area (Å²) in [7, 11) is 3.45. The molecular formula is C22H25N5O2S. The van der Waals surface area contributed by atoms with Crippen molar-refractivity contribution >= 4 is 28.7 Å². The minimum absolute atomic E-state index is 0.189. The monoisotopic (exact) mass is 423 g/mol. The maximum absolute atomic E-state index is 13.0. The van der Waals surface area contributed by atoms with Gasteiger partial charge in [-0.05, 0) is 57.3 Å². The molecule has 0 atom stereocenters. The van der Waals surface area contributed by atoms with Gasteiger partial charge in [-0.2, -0.15) is 5.10 Å². The van der Waals surface area contributed by atoms with E-state index in [0.29, 0.717) is 11.4 Å². The second kappa shape index (κ2) is 8.96. The van der Waals surface area contributed by atoms with Gasteiger partial charge in [0.2, 0.25) is 0 Å². The van der Waals surface area contributed by atoms with Gasteiger partial charge in [-0.15, -0.1) is 0 Å². The fraction of sp³-hybridized carbons (Fsp3) is 0.227. The van der Waals surface area contributed by atoms with Gasteiger partial charge in [0, 0.05) is 12.6 Å². The zero-order valence-electron chi connectivity index (χ0n) is 17.7. The van der Waals surface area contributed by atoms with Crippen LogP contribution in [-0.4, -0.2) is 27.3 Å². The van der Waals surface area contributed by atoms with E-state index in [4.69, 9.17) is 17.0 Å². The first kappa shape index (κ1) is 21.3. The molecule has 1 aromatic heterocycles. The number of aryl methyl sites for hydroxylation is 1. The summed E-state index contributed by atoms with van der Waals surface area (Å²) in [6, 6.07) is 15.3. The second-order valence-electron chi connectivity index (χ2n) is 6.90. The Morgan fingerprint density at radius 3 is 2.50 bits per heavy atom. The average molecular weight is 424 g/mol. The first-order valence-electron chi connectivity index (χ1n) is 9.43. The Morgan fingerprint density at radius 1 is 1.13 bits per heavy atom. The first-order valence-corrected chi connectivity index (χ1v) is 9.84. The second-order valence-corrected chi connectivity index (χ2v) is 7.31. The minimum Gasteiger partial charge on any atom is -0.496 e. The molecule has 0 bridgehead atoms. The summed E-state index contributed by atoms with van der Waals surface area (Å²) >= 11 is 5.36. The molecule has 0 aliphatic carbocycles. The van der Waals surface area contributed by atoms with Crippen LogP contribution in [0, 0.1) is 13.8 Å². The van der Waals surface area contributed by atoms with Crippen LogP contribution in [0.15, 0.2) is 58.4 Å². The van der Waals surface area contributed by atoms with Gasteiger partial charge in [0.15, 0.2) is 5.11 Å². The van der Waals surface area contributed by atoms with Crippen LogP contribution < -0.4 is 21.0 Å². The molecule has 0 fully saturated rings. The van der Waals surface area contributed by atoms with Crippen molar-refractivity contribution in [3.63, 3.8) is 0 Å². The van der Waals surface area contributed by atoms with E-state index in [0.717, 1.165) is 28.3 Å². The van der Waals surface area contributed by atoms with E-state index < -0.39 is 0 Å². The SMILES string of the molecule is COc1ccc(C)cc1/C(C)=N\NC(=S)Nc1c(C)n(C)n(-c2ccccc2)c1=O. The van der Waals surface area contributed by atoms with Crippen molar-refractivity contribution in [1.82, 2.24) is 14.8 Å². The van der Waals surface area contributed by atoms with Crippen LogP contribution in [0.5, 0.6) is 5.75 Å². The van der Waals surface area contributed by atoms with Gasteiger partial charge in [-0.1, -0.05) is 29.8 Å². The molecule has 156 valence electrons. The molecule has 8 heteroatoms. The molecule has 0 radical (unpaired) electrons. The molecule has 1 heterocycles. The zero-order chi connectivity index (χ0) is 21.8. The van der Waals surface area contributed by atoms with Crippen molar-refractivity contribution in [3.05, 3.63) is 75.7 Å². The van der Waals surface area contributed by atoms with Gasteiger partial charge >= 0.3 is 0 Å². The zero-order valence-corrected chi connectivity index (χ0v) is 18.5. The highest BCUT2D eigenvalue weighted by Gasteiger charge is 2.17. The number of benzene rings is 2. The van der Waals surface area contributed by atoms with Crippen LogP contribution >= 0.6 is 12.2 Å². The highest BCUT2D eigenvalue weighted by molar-refractivity contribution is 7.80. The first-order chi connectivity index (χ1) is 14.3. The highest BCUT2D eigenvalue weighted by Crippen LogP contribution is 2.20. The van der Waals surface area contributed by atoms with Gasteiger partial charge in [0.1, 0.15) is 11.4 Å². The lowest BCUT2D eigenvalue weighted by Crippen LogP contribution is -2.28. The summed E-state index contributed by atoms with van der Waals surface area (Å²) in [6.07, 6.45) is 0. The molecule has 0 saturated carbocycles. The van der Waals surface area contributed by atoms with Crippen LogP contribution in [0.4, 0.5) is 5.69 Å². The molecule has 7 nitrogen and oxygen atoms in total. The maximum Gasteiger partial charge on any atom is 0.295 e. The minimum atomic E-state index is -0.189. The summed E-state index contributed by atoms with van der Waals surface area (Å²) in [5.41, 5.74) is 7.25. The Balaban J connectivity index is 1.82. The van der Waals surface area contributed by atoms with Crippen LogP contribution in [0.2, 0.25) is 0 Å². The van der Waals surface area contributed by atoms with Crippen molar-refractivity contribution in [2.45, 2.75) is 20.8 Å². The molecule has 0 aliphatic rings. The Labute approximate surface area is 181 Å². The fourth-order valence-corrected chi connectivity index (χ4v) is 3.30. The van der Waals surface area contributed by atoms with Crippen molar-refractivity contribution in [3.8, 4) is 11.4 Å². The third-order valence-corrected chi connectivity index (χ3v) is 5.06. The van der Waals surface area contributed by atoms with E-state index in [2.05, 4.69) is 15.8 Å². The molecular weight excluding hydrogens is 398 g/mol. The number of aromatic nitrogens is 2. The molecule has 3 aromatic rings. The number of anilines is 1. The number of nitrogens with zero attached hydrogens (tertiary/aromatic N) is 3.